The van der Waals surface area contributed by atoms with Crippen LogP contribution in [0.3, 0.4) is 0 Å². The van der Waals surface area contributed by atoms with Crippen molar-refractivity contribution in [3.8, 4) is 11.4 Å². The molecule has 2 aromatic rings. The van der Waals surface area contributed by atoms with Gasteiger partial charge >= 0.3 is 6.18 Å². The first-order chi connectivity index (χ1) is 9.09. The van der Waals surface area contributed by atoms with Crippen molar-refractivity contribution in [2.75, 3.05) is 0 Å². The van der Waals surface area contributed by atoms with Crippen molar-refractivity contribution in [3.05, 3.63) is 35.7 Å². The number of aromatic nitrogens is 3. The van der Waals surface area contributed by atoms with Crippen LogP contribution in [0, 0.1) is 0 Å². The third kappa shape index (κ3) is 2.84. The van der Waals surface area contributed by atoms with E-state index in [4.69, 9.17) is 0 Å². The number of hydrogen-bond acceptors (Lipinski definition) is 2. The highest BCUT2D eigenvalue weighted by Gasteiger charge is 2.34. The lowest BCUT2D eigenvalue weighted by Crippen LogP contribution is -2.11. The molecule has 0 spiro atoms. The molecular formula is C14H16F3N3. The van der Waals surface area contributed by atoms with E-state index in [9.17, 15) is 13.2 Å². The Morgan fingerprint density at radius 3 is 2.25 bits per heavy atom. The lowest BCUT2D eigenvalue weighted by Gasteiger charge is -2.19. The third-order valence-corrected chi connectivity index (χ3v) is 3.06. The van der Waals surface area contributed by atoms with E-state index < -0.39 is 11.9 Å². The molecule has 0 radical (unpaired) electrons. The fourth-order valence-corrected chi connectivity index (χ4v) is 1.88. The predicted molar refractivity (Wildman–Crippen MR) is 70.1 cm³/mol. The Hall–Kier alpha value is -1.85. The van der Waals surface area contributed by atoms with Crippen molar-refractivity contribution >= 4 is 0 Å². The third-order valence-electron chi connectivity index (χ3n) is 3.06. The van der Waals surface area contributed by atoms with Crippen LogP contribution < -0.4 is 0 Å². The van der Waals surface area contributed by atoms with E-state index in [-0.39, 0.29) is 5.41 Å². The van der Waals surface area contributed by atoms with Crippen LogP contribution >= 0.6 is 0 Å². The molecule has 0 aliphatic rings. The van der Waals surface area contributed by atoms with Crippen LogP contribution in [0.4, 0.5) is 13.2 Å². The highest BCUT2D eigenvalue weighted by atomic mass is 19.4. The van der Waals surface area contributed by atoms with Gasteiger partial charge in [-0.25, -0.2) is 0 Å². The summed E-state index contributed by atoms with van der Waals surface area (Å²) in [6.07, 6.45) is -2.84. The maximum atomic E-state index is 12.7. The van der Waals surface area contributed by atoms with E-state index >= 15 is 0 Å². The van der Waals surface area contributed by atoms with E-state index in [1.165, 1.54) is 11.7 Å². The Kier molecular flexibility index (Phi) is 3.36. The highest BCUT2D eigenvalue weighted by Crippen LogP contribution is 2.32. The smallest absolute Gasteiger partial charge is 0.266 e. The summed E-state index contributed by atoms with van der Waals surface area (Å²) in [6.45, 7) is 6.11. The van der Waals surface area contributed by atoms with Gasteiger partial charge in [-0.05, 0) is 29.2 Å². The Bertz CT molecular complexity index is 621. The van der Waals surface area contributed by atoms with Crippen molar-refractivity contribution < 1.29 is 13.2 Å². The van der Waals surface area contributed by atoms with Gasteiger partial charge in [0.25, 0.3) is 0 Å². The average Bonchev–Trinajstić information content (AvgIpc) is 2.70. The van der Waals surface area contributed by atoms with Crippen LogP contribution in [-0.4, -0.2) is 14.8 Å². The quantitative estimate of drug-likeness (QED) is 0.797. The van der Waals surface area contributed by atoms with Gasteiger partial charge in [0, 0.05) is 13.2 Å². The van der Waals surface area contributed by atoms with Gasteiger partial charge in [-0.1, -0.05) is 20.8 Å². The number of hydrogen-bond donors (Lipinski definition) is 0. The first kappa shape index (κ1) is 14.6. The minimum Gasteiger partial charge on any atom is -0.266 e. The zero-order chi connectivity index (χ0) is 15.1. The average molecular weight is 283 g/mol. The van der Waals surface area contributed by atoms with Gasteiger partial charge < -0.3 is 0 Å². The summed E-state index contributed by atoms with van der Waals surface area (Å²) in [5, 5.41) is 3.50. The predicted octanol–water partition coefficient (Wildman–Crippen LogP) is 3.80. The summed E-state index contributed by atoms with van der Waals surface area (Å²) in [5.74, 6) is 0. The standard InChI is InChI=1S/C14H16F3N3/c1-13(2,3)9-5-6-18-10(7-9)11-8-12(14(15,16)17)19-20(11)4/h5-8H,1-4H3. The van der Waals surface area contributed by atoms with Crippen LogP contribution in [0.5, 0.6) is 0 Å². The number of nitrogens with zero attached hydrogens (tertiary/aromatic N) is 3. The van der Waals surface area contributed by atoms with Crippen LogP contribution in [0.2, 0.25) is 0 Å². The highest BCUT2D eigenvalue weighted by molar-refractivity contribution is 5.56. The number of rotatable bonds is 1. The number of aryl methyl sites for hydroxylation is 1. The van der Waals surface area contributed by atoms with Crippen LogP contribution in [0.25, 0.3) is 11.4 Å². The Balaban J connectivity index is 2.50. The van der Waals surface area contributed by atoms with Crippen molar-refractivity contribution in [2.45, 2.75) is 32.4 Å². The summed E-state index contributed by atoms with van der Waals surface area (Å²) in [4.78, 5) is 4.15. The molecule has 0 bridgehead atoms. The van der Waals surface area contributed by atoms with Crippen LogP contribution in [-0.2, 0) is 18.6 Å². The van der Waals surface area contributed by atoms with Crippen LogP contribution in [0.1, 0.15) is 32.0 Å². The maximum Gasteiger partial charge on any atom is 0.435 e. The molecule has 0 amide bonds. The van der Waals surface area contributed by atoms with Crippen LogP contribution in [0.15, 0.2) is 24.4 Å². The molecule has 0 N–H and O–H groups in total. The molecule has 0 atom stereocenters. The molecule has 20 heavy (non-hydrogen) atoms. The molecular weight excluding hydrogens is 267 g/mol. The molecule has 2 rings (SSSR count). The molecule has 6 heteroatoms. The molecule has 0 aliphatic carbocycles. The monoisotopic (exact) mass is 283 g/mol. The van der Waals surface area contributed by atoms with Gasteiger partial charge in [-0.15, -0.1) is 0 Å². The molecule has 108 valence electrons. The number of halogens is 3. The fourth-order valence-electron chi connectivity index (χ4n) is 1.88. The van der Waals surface area contributed by atoms with Crippen molar-refractivity contribution in [1.29, 1.82) is 0 Å². The lowest BCUT2D eigenvalue weighted by molar-refractivity contribution is -0.141. The van der Waals surface area contributed by atoms with E-state index in [1.807, 2.05) is 26.8 Å². The Morgan fingerprint density at radius 1 is 1.10 bits per heavy atom. The molecule has 0 aliphatic heterocycles. The summed E-state index contributed by atoms with van der Waals surface area (Å²) in [7, 11) is 1.48. The van der Waals surface area contributed by atoms with Gasteiger partial charge in [0.2, 0.25) is 0 Å². The minimum absolute atomic E-state index is 0.0941. The summed E-state index contributed by atoms with van der Waals surface area (Å²) < 4.78 is 39.2. The zero-order valence-electron chi connectivity index (χ0n) is 11.8. The Labute approximate surface area is 115 Å². The molecule has 3 nitrogen and oxygen atoms in total. The van der Waals surface area contributed by atoms with E-state index in [0.29, 0.717) is 11.4 Å². The van der Waals surface area contributed by atoms with Gasteiger partial charge in [0.05, 0.1) is 11.4 Å². The molecule has 0 aromatic carbocycles. The summed E-state index contributed by atoms with van der Waals surface area (Å²) in [5.41, 5.74) is 0.852. The normalized spacial score (nSPS) is 12.8. The summed E-state index contributed by atoms with van der Waals surface area (Å²) in [6, 6.07) is 4.69. The van der Waals surface area contributed by atoms with Crippen molar-refractivity contribution in [3.63, 3.8) is 0 Å². The first-order valence-electron chi connectivity index (χ1n) is 6.17. The molecule has 0 saturated heterocycles. The van der Waals surface area contributed by atoms with E-state index in [0.717, 1.165) is 11.6 Å². The Morgan fingerprint density at radius 2 is 1.75 bits per heavy atom. The van der Waals surface area contributed by atoms with Gasteiger partial charge in [0.15, 0.2) is 5.69 Å². The van der Waals surface area contributed by atoms with Gasteiger partial charge in [-0.2, -0.15) is 18.3 Å². The van der Waals surface area contributed by atoms with Gasteiger partial charge in [0.1, 0.15) is 0 Å². The second-order valence-corrected chi connectivity index (χ2v) is 5.72. The van der Waals surface area contributed by atoms with E-state index in [1.54, 1.807) is 12.3 Å². The van der Waals surface area contributed by atoms with Gasteiger partial charge in [-0.3, -0.25) is 9.67 Å². The zero-order valence-corrected chi connectivity index (χ0v) is 11.8. The SMILES string of the molecule is Cn1nc(C(F)(F)F)cc1-c1cc(C(C)(C)C)ccn1. The molecule has 0 fully saturated rings. The van der Waals surface area contributed by atoms with Crippen molar-refractivity contribution in [2.24, 2.45) is 7.05 Å². The second-order valence-electron chi connectivity index (χ2n) is 5.72. The fraction of sp³-hybridized carbons (Fsp3) is 0.429. The first-order valence-corrected chi connectivity index (χ1v) is 6.17. The topological polar surface area (TPSA) is 30.7 Å². The van der Waals surface area contributed by atoms with Crippen molar-refractivity contribution in [1.82, 2.24) is 14.8 Å². The minimum atomic E-state index is -4.45. The largest absolute Gasteiger partial charge is 0.435 e. The molecule has 0 saturated carbocycles. The summed E-state index contributed by atoms with van der Waals surface area (Å²) >= 11 is 0. The molecule has 2 aromatic heterocycles. The molecule has 2 heterocycles. The number of alkyl halides is 3. The second kappa shape index (κ2) is 4.61. The maximum absolute atomic E-state index is 12.7. The van der Waals surface area contributed by atoms with E-state index in [2.05, 4.69) is 10.1 Å². The molecule has 0 unspecified atom stereocenters. The lowest BCUT2D eigenvalue weighted by atomic mass is 9.87. The number of pyridine rings is 1.